The molecule has 2 aliphatic carbocycles. The van der Waals surface area contributed by atoms with E-state index >= 15 is 0 Å². The molecule has 0 saturated heterocycles. The van der Waals surface area contributed by atoms with Crippen LogP contribution in [0, 0.1) is 30.6 Å². The number of aryl methyl sites for hydroxylation is 2. The molecule has 4 atom stereocenters. The van der Waals surface area contributed by atoms with Gasteiger partial charge in [0.25, 0.3) is 0 Å². The molecular formula is C20H31N. The lowest BCUT2D eigenvalue weighted by Gasteiger charge is -2.41. The van der Waals surface area contributed by atoms with Crippen molar-refractivity contribution in [2.24, 2.45) is 16.7 Å². The third-order valence-electron chi connectivity index (χ3n) is 7.15. The Kier molecular flexibility index (Phi) is 3.48. The van der Waals surface area contributed by atoms with Crippen LogP contribution in [-0.4, -0.2) is 6.04 Å². The van der Waals surface area contributed by atoms with Crippen LogP contribution in [0.15, 0.2) is 18.2 Å². The minimum absolute atomic E-state index is 0.446. The minimum atomic E-state index is 0.446. The third kappa shape index (κ3) is 2.16. The van der Waals surface area contributed by atoms with E-state index in [-0.39, 0.29) is 0 Å². The predicted octanol–water partition coefficient (Wildman–Crippen LogP) is 5.17. The topological polar surface area (TPSA) is 12.0 Å². The average molecular weight is 285 g/mol. The van der Waals surface area contributed by atoms with Gasteiger partial charge in [0.1, 0.15) is 0 Å². The molecule has 1 aromatic rings. The van der Waals surface area contributed by atoms with Crippen LogP contribution in [0.25, 0.3) is 0 Å². The summed E-state index contributed by atoms with van der Waals surface area (Å²) in [7, 11) is 0. The Bertz CT molecular complexity index is 545. The summed E-state index contributed by atoms with van der Waals surface area (Å²) in [6.45, 7) is 14.3. The zero-order valence-corrected chi connectivity index (χ0v) is 14.6. The zero-order chi connectivity index (χ0) is 15.4. The molecule has 0 radical (unpaired) electrons. The molecule has 1 heteroatoms. The van der Waals surface area contributed by atoms with Crippen LogP contribution in [0.2, 0.25) is 0 Å². The first-order valence-electron chi connectivity index (χ1n) is 8.59. The first-order chi connectivity index (χ1) is 9.75. The maximum atomic E-state index is 3.99. The number of rotatable bonds is 3. The highest BCUT2D eigenvalue weighted by Crippen LogP contribution is 2.65. The van der Waals surface area contributed by atoms with Crippen LogP contribution in [0.4, 0.5) is 0 Å². The number of fused-ring (bicyclic) bond motifs is 2. The van der Waals surface area contributed by atoms with Gasteiger partial charge in [0.05, 0.1) is 0 Å². The largest absolute Gasteiger partial charge is 0.307 e. The van der Waals surface area contributed by atoms with E-state index in [1.165, 1.54) is 36.0 Å². The number of benzene rings is 1. The molecule has 2 fully saturated rings. The summed E-state index contributed by atoms with van der Waals surface area (Å²) in [5, 5.41) is 3.99. The molecule has 1 nitrogen and oxygen atoms in total. The third-order valence-corrected chi connectivity index (χ3v) is 7.15. The highest BCUT2D eigenvalue weighted by molar-refractivity contribution is 5.33. The molecule has 2 bridgehead atoms. The second-order valence-corrected chi connectivity index (χ2v) is 8.41. The SMILES string of the molecule is Cc1ccc(C)c(C(C)NC2CC3CCC2(C)C3(C)C)c1. The Morgan fingerprint density at radius 2 is 1.90 bits per heavy atom. The van der Waals surface area contributed by atoms with Crippen molar-refractivity contribution in [2.45, 2.75) is 72.9 Å². The summed E-state index contributed by atoms with van der Waals surface area (Å²) in [4.78, 5) is 0. The molecule has 2 saturated carbocycles. The Morgan fingerprint density at radius 1 is 1.19 bits per heavy atom. The molecule has 0 spiro atoms. The first kappa shape index (κ1) is 15.1. The van der Waals surface area contributed by atoms with Crippen LogP contribution in [-0.2, 0) is 0 Å². The van der Waals surface area contributed by atoms with Crippen molar-refractivity contribution in [2.75, 3.05) is 0 Å². The Hall–Kier alpha value is -0.820. The summed E-state index contributed by atoms with van der Waals surface area (Å²) < 4.78 is 0. The van der Waals surface area contributed by atoms with Gasteiger partial charge in [0.2, 0.25) is 0 Å². The van der Waals surface area contributed by atoms with E-state index in [4.69, 9.17) is 0 Å². The number of nitrogens with one attached hydrogen (secondary N) is 1. The lowest BCUT2D eigenvalue weighted by atomic mass is 9.69. The molecule has 0 amide bonds. The van der Waals surface area contributed by atoms with Gasteiger partial charge >= 0.3 is 0 Å². The molecule has 0 aliphatic heterocycles. The minimum Gasteiger partial charge on any atom is -0.307 e. The van der Waals surface area contributed by atoms with Crippen LogP contribution >= 0.6 is 0 Å². The van der Waals surface area contributed by atoms with E-state index in [1.807, 2.05) is 0 Å². The summed E-state index contributed by atoms with van der Waals surface area (Å²) in [5.41, 5.74) is 5.20. The van der Waals surface area contributed by atoms with Crippen molar-refractivity contribution in [3.63, 3.8) is 0 Å². The van der Waals surface area contributed by atoms with Crippen molar-refractivity contribution in [3.8, 4) is 0 Å². The number of hydrogen-bond acceptors (Lipinski definition) is 1. The van der Waals surface area contributed by atoms with E-state index < -0.39 is 0 Å². The smallest absolute Gasteiger partial charge is 0.0297 e. The average Bonchev–Trinajstić information content (AvgIpc) is 2.74. The molecule has 1 aromatic carbocycles. The maximum absolute atomic E-state index is 3.99. The van der Waals surface area contributed by atoms with Crippen molar-refractivity contribution < 1.29 is 0 Å². The molecule has 21 heavy (non-hydrogen) atoms. The van der Waals surface area contributed by atoms with Gasteiger partial charge in [-0.05, 0) is 67.9 Å². The second kappa shape index (κ2) is 4.84. The zero-order valence-electron chi connectivity index (χ0n) is 14.6. The van der Waals surface area contributed by atoms with Gasteiger partial charge in [-0.15, -0.1) is 0 Å². The van der Waals surface area contributed by atoms with Gasteiger partial charge in [0, 0.05) is 12.1 Å². The van der Waals surface area contributed by atoms with Crippen molar-refractivity contribution in [3.05, 3.63) is 34.9 Å². The van der Waals surface area contributed by atoms with E-state index in [0.29, 0.717) is 22.9 Å². The monoisotopic (exact) mass is 285 g/mol. The van der Waals surface area contributed by atoms with E-state index in [1.54, 1.807) is 0 Å². The lowest BCUT2D eigenvalue weighted by Crippen LogP contribution is -2.45. The van der Waals surface area contributed by atoms with Crippen molar-refractivity contribution in [1.82, 2.24) is 5.32 Å². The molecule has 2 aliphatic rings. The summed E-state index contributed by atoms with van der Waals surface area (Å²) in [6, 6.07) is 7.94. The summed E-state index contributed by atoms with van der Waals surface area (Å²) in [6.07, 6.45) is 4.18. The normalized spacial score (nSPS) is 35.1. The highest BCUT2D eigenvalue weighted by Gasteiger charge is 2.61. The van der Waals surface area contributed by atoms with Gasteiger partial charge in [-0.1, -0.05) is 44.5 Å². The van der Waals surface area contributed by atoms with Gasteiger partial charge in [-0.2, -0.15) is 0 Å². The summed E-state index contributed by atoms with van der Waals surface area (Å²) >= 11 is 0. The maximum Gasteiger partial charge on any atom is 0.0297 e. The van der Waals surface area contributed by atoms with Crippen molar-refractivity contribution >= 4 is 0 Å². The van der Waals surface area contributed by atoms with Crippen LogP contribution in [0.3, 0.4) is 0 Å². The highest BCUT2D eigenvalue weighted by atomic mass is 15.0. The molecule has 4 unspecified atom stereocenters. The van der Waals surface area contributed by atoms with Crippen LogP contribution < -0.4 is 5.32 Å². The van der Waals surface area contributed by atoms with Gasteiger partial charge in [-0.3, -0.25) is 0 Å². The standard InChI is InChI=1S/C20H31N/c1-13-7-8-14(2)17(11-13)15(3)21-18-12-16-9-10-20(18,6)19(16,4)5/h7-8,11,15-16,18,21H,9-10,12H2,1-6H3. The molecule has 0 heterocycles. The fourth-order valence-electron chi connectivity index (χ4n) is 5.07. The van der Waals surface area contributed by atoms with E-state index in [0.717, 1.165) is 5.92 Å². The quantitative estimate of drug-likeness (QED) is 0.808. The Labute approximate surface area is 130 Å². The van der Waals surface area contributed by atoms with Gasteiger partial charge in [-0.25, -0.2) is 0 Å². The fraction of sp³-hybridized carbons (Fsp3) is 0.700. The second-order valence-electron chi connectivity index (χ2n) is 8.41. The van der Waals surface area contributed by atoms with Crippen LogP contribution in [0.1, 0.15) is 69.7 Å². The Balaban J connectivity index is 1.80. The van der Waals surface area contributed by atoms with E-state index in [2.05, 4.69) is 65.1 Å². The van der Waals surface area contributed by atoms with Crippen molar-refractivity contribution in [1.29, 1.82) is 0 Å². The molecule has 3 rings (SSSR count). The van der Waals surface area contributed by atoms with Gasteiger partial charge in [0.15, 0.2) is 0 Å². The first-order valence-corrected chi connectivity index (χ1v) is 8.59. The fourth-order valence-corrected chi connectivity index (χ4v) is 5.07. The molecule has 0 aromatic heterocycles. The Morgan fingerprint density at radius 3 is 2.48 bits per heavy atom. The predicted molar refractivity (Wildman–Crippen MR) is 90.5 cm³/mol. The van der Waals surface area contributed by atoms with Crippen LogP contribution in [0.5, 0.6) is 0 Å². The summed E-state index contributed by atoms with van der Waals surface area (Å²) in [5.74, 6) is 0.908. The van der Waals surface area contributed by atoms with E-state index in [9.17, 15) is 0 Å². The number of hydrogen-bond donors (Lipinski definition) is 1. The molecule has 1 N–H and O–H groups in total. The molecule has 116 valence electrons. The molecular weight excluding hydrogens is 254 g/mol. The van der Waals surface area contributed by atoms with Gasteiger partial charge < -0.3 is 5.32 Å². The lowest BCUT2D eigenvalue weighted by molar-refractivity contribution is 0.116.